The summed E-state index contributed by atoms with van der Waals surface area (Å²) in [6.07, 6.45) is 7.31. The highest BCUT2D eigenvalue weighted by atomic mass is 16.3. The molecule has 0 aliphatic carbocycles. The molecule has 1 aliphatic heterocycles. The number of nitrogens with zero attached hydrogens (tertiary/aromatic N) is 2. The summed E-state index contributed by atoms with van der Waals surface area (Å²) in [5, 5.41) is 16.2. The van der Waals surface area contributed by atoms with Gasteiger partial charge >= 0.3 is 6.03 Å². The molecule has 1 aromatic heterocycles. The molecule has 140 valence electrons. The quantitative estimate of drug-likeness (QED) is 0.631. The van der Waals surface area contributed by atoms with Gasteiger partial charge in [0.15, 0.2) is 0 Å². The molecule has 6 heteroatoms. The van der Waals surface area contributed by atoms with Gasteiger partial charge in [0.25, 0.3) is 0 Å². The lowest BCUT2D eigenvalue weighted by Gasteiger charge is -2.42. The molecule has 1 unspecified atom stereocenters. The Hall–Kier alpha value is -1.82. The maximum Gasteiger partial charge on any atom is 0.317 e. The number of carbonyl (C=O) groups excluding carboxylic acids is 1. The Morgan fingerprint density at radius 3 is 2.96 bits per heavy atom. The van der Waals surface area contributed by atoms with Crippen molar-refractivity contribution in [2.45, 2.75) is 39.5 Å². The van der Waals surface area contributed by atoms with E-state index in [0.717, 1.165) is 44.5 Å². The summed E-state index contributed by atoms with van der Waals surface area (Å²) >= 11 is 0. The summed E-state index contributed by atoms with van der Waals surface area (Å²) in [7, 11) is 0. The first kappa shape index (κ1) is 19.5. The van der Waals surface area contributed by atoms with Crippen molar-refractivity contribution < 1.29 is 9.90 Å². The van der Waals surface area contributed by atoms with Gasteiger partial charge in [-0.05, 0) is 43.7 Å². The molecule has 2 heterocycles. The van der Waals surface area contributed by atoms with Gasteiger partial charge in [-0.3, -0.25) is 4.98 Å². The molecule has 1 saturated heterocycles. The number of hydrogen-bond acceptors (Lipinski definition) is 4. The van der Waals surface area contributed by atoms with Crippen LogP contribution in [0, 0.1) is 11.3 Å². The molecule has 1 aromatic rings. The molecule has 2 amide bonds. The van der Waals surface area contributed by atoms with E-state index in [1.54, 1.807) is 12.4 Å². The van der Waals surface area contributed by atoms with Crippen molar-refractivity contribution in [1.29, 1.82) is 0 Å². The van der Waals surface area contributed by atoms with Gasteiger partial charge in [-0.2, -0.15) is 0 Å². The summed E-state index contributed by atoms with van der Waals surface area (Å²) in [5.74, 6) is 0.522. The number of likely N-dealkylation sites (tertiary alicyclic amines) is 1. The van der Waals surface area contributed by atoms with Crippen LogP contribution in [0.3, 0.4) is 0 Å². The van der Waals surface area contributed by atoms with Crippen LogP contribution in [0.2, 0.25) is 0 Å². The highest BCUT2D eigenvalue weighted by Crippen LogP contribution is 2.35. The zero-order valence-electron chi connectivity index (χ0n) is 15.5. The molecule has 0 saturated carbocycles. The normalized spacial score (nSPS) is 20.6. The molecule has 1 fully saturated rings. The number of carbonyl (C=O) groups is 1. The third kappa shape index (κ3) is 6.20. The van der Waals surface area contributed by atoms with Crippen LogP contribution in [0.5, 0.6) is 0 Å². The molecule has 0 radical (unpaired) electrons. The third-order valence-corrected chi connectivity index (χ3v) is 4.75. The van der Waals surface area contributed by atoms with Crippen LogP contribution in [-0.4, -0.2) is 53.8 Å². The number of amides is 2. The Morgan fingerprint density at radius 2 is 2.28 bits per heavy atom. The summed E-state index contributed by atoms with van der Waals surface area (Å²) in [6.45, 7) is 7.36. The highest BCUT2D eigenvalue weighted by Gasteiger charge is 2.37. The average molecular weight is 348 g/mol. The topological polar surface area (TPSA) is 77.5 Å². The number of hydrogen-bond donors (Lipinski definition) is 3. The Balaban J connectivity index is 1.71. The lowest BCUT2D eigenvalue weighted by molar-refractivity contribution is 0.0306. The first-order chi connectivity index (χ1) is 12.0. The van der Waals surface area contributed by atoms with E-state index >= 15 is 0 Å². The lowest BCUT2D eigenvalue weighted by Crippen LogP contribution is -2.51. The SMILES string of the molecule is CC(C)CC1(CO)CCCN(C(=O)NCCCNc2cccnc2)C1. The number of piperidine rings is 1. The first-order valence-corrected chi connectivity index (χ1v) is 9.32. The van der Waals surface area contributed by atoms with Gasteiger partial charge in [0.05, 0.1) is 12.3 Å². The van der Waals surface area contributed by atoms with E-state index in [2.05, 4.69) is 29.5 Å². The zero-order chi connectivity index (χ0) is 18.1. The van der Waals surface area contributed by atoms with Gasteiger partial charge < -0.3 is 20.6 Å². The standard InChI is InChI=1S/C19H32N4O2/c1-16(2)12-19(15-24)7-4-11-23(14-19)18(25)22-10-5-9-21-17-6-3-8-20-13-17/h3,6,8,13,16,21,24H,4-5,7,9-12,14-15H2,1-2H3,(H,22,25). The van der Waals surface area contributed by atoms with E-state index in [9.17, 15) is 9.90 Å². The second kappa shape index (κ2) is 9.61. The number of pyridine rings is 1. The smallest absolute Gasteiger partial charge is 0.317 e. The van der Waals surface area contributed by atoms with Crippen molar-refractivity contribution in [2.75, 3.05) is 38.1 Å². The first-order valence-electron chi connectivity index (χ1n) is 9.32. The molecule has 0 bridgehead atoms. The van der Waals surface area contributed by atoms with Crippen LogP contribution >= 0.6 is 0 Å². The molecule has 6 nitrogen and oxygen atoms in total. The monoisotopic (exact) mass is 348 g/mol. The predicted molar refractivity (Wildman–Crippen MR) is 101 cm³/mol. The molecule has 3 N–H and O–H groups in total. The number of nitrogens with one attached hydrogen (secondary N) is 2. The van der Waals surface area contributed by atoms with Crippen molar-refractivity contribution >= 4 is 11.7 Å². The Bertz CT molecular complexity index is 523. The second-order valence-corrected chi connectivity index (χ2v) is 7.54. The number of aromatic nitrogens is 1. The maximum absolute atomic E-state index is 12.4. The van der Waals surface area contributed by atoms with Gasteiger partial charge in [0, 0.05) is 44.0 Å². The van der Waals surface area contributed by atoms with Crippen LogP contribution in [0.1, 0.15) is 39.5 Å². The summed E-state index contributed by atoms with van der Waals surface area (Å²) in [4.78, 5) is 18.4. The van der Waals surface area contributed by atoms with Gasteiger partial charge in [0.2, 0.25) is 0 Å². The highest BCUT2D eigenvalue weighted by molar-refractivity contribution is 5.74. The van der Waals surface area contributed by atoms with E-state index in [1.165, 1.54) is 0 Å². The average Bonchev–Trinajstić information content (AvgIpc) is 2.61. The van der Waals surface area contributed by atoms with E-state index < -0.39 is 0 Å². The molecule has 25 heavy (non-hydrogen) atoms. The molecule has 0 aromatic carbocycles. The van der Waals surface area contributed by atoms with Gasteiger partial charge in [-0.15, -0.1) is 0 Å². The van der Waals surface area contributed by atoms with Crippen LogP contribution in [0.25, 0.3) is 0 Å². The van der Waals surface area contributed by atoms with Crippen molar-refractivity contribution in [3.63, 3.8) is 0 Å². The zero-order valence-corrected chi connectivity index (χ0v) is 15.5. The van der Waals surface area contributed by atoms with Crippen LogP contribution < -0.4 is 10.6 Å². The Labute approximate surface area is 151 Å². The summed E-state index contributed by atoms with van der Waals surface area (Å²) in [6, 6.07) is 3.86. The van der Waals surface area contributed by atoms with E-state index in [1.807, 2.05) is 17.0 Å². The van der Waals surface area contributed by atoms with E-state index in [-0.39, 0.29) is 18.1 Å². The number of aliphatic hydroxyl groups excluding tert-OH is 1. The largest absolute Gasteiger partial charge is 0.396 e. The fourth-order valence-corrected chi connectivity index (χ4v) is 3.70. The lowest BCUT2D eigenvalue weighted by atomic mass is 9.74. The third-order valence-electron chi connectivity index (χ3n) is 4.75. The number of rotatable bonds is 8. The van der Waals surface area contributed by atoms with Gasteiger partial charge in [-0.25, -0.2) is 4.79 Å². The van der Waals surface area contributed by atoms with Crippen molar-refractivity contribution in [1.82, 2.24) is 15.2 Å². The molecular weight excluding hydrogens is 316 g/mol. The fraction of sp³-hybridized carbons (Fsp3) is 0.684. The van der Waals surface area contributed by atoms with Gasteiger partial charge in [-0.1, -0.05) is 13.8 Å². The fourth-order valence-electron chi connectivity index (χ4n) is 3.70. The Kier molecular flexibility index (Phi) is 7.50. The second-order valence-electron chi connectivity index (χ2n) is 7.54. The minimum atomic E-state index is -0.133. The van der Waals surface area contributed by atoms with Crippen molar-refractivity contribution in [2.24, 2.45) is 11.3 Å². The molecule has 1 atom stereocenters. The minimum Gasteiger partial charge on any atom is -0.396 e. The molecule has 1 aliphatic rings. The number of aliphatic hydroxyl groups is 1. The van der Waals surface area contributed by atoms with Crippen LogP contribution in [-0.2, 0) is 0 Å². The molecular formula is C19H32N4O2. The Morgan fingerprint density at radius 1 is 1.44 bits per heavy atom. The van der Waals surface area contributed by atoms with Crippen molar-refractivity contribution in [3.05, 3.63) is 24.5 Å². The number of urea groups is 1. The molecule has 0 spiro atoms. The molecule has 2 rings (SSSR count). The van der Waals surface area contributed by atoms with E-state index in [0.29, 0.717) is 19.0 Å². The summed E-state index contributed by atoms with van der Waals surface area (Å²) in [5.41, 5.74) is 0.859. The number of anilines is 1. The predicted octanol–water partition coefficient (Wildman–Crippen LogP) is 2.71. The van der Waals surface area contributed by atoms with E-state index in [4.69, 9.17) is 0 Å². The van der Waals surface area contributed by atoms with Crippen LogP contribution in [0.15, 0.2) is 24.5 Å². The summed E-state index contributed by atoms with van der Waals surface area (Å²) < 4.78 is 0. The maximum atomic E-state index is 12.4. The minimum absolute atomic E-state index is 0.0114. The van der Waals surface area contributed by atoms with Gasteiger partial charge in [0.1, 0.15) is 0 Å². The van der Waals surface area contributed by atoms with Crippen LogP contribution in [0.4, 0.5) is 10.5 Å². The van der Waals surface area contributed by atoms with Crippen molar-refractivity contribution in [3.8, 4) is 0 Å².